The van der Waals surface area contributed by atoms with E-state index >= 15 is 0 Å². The lowest BCUT2D eigenvalue weighted by molar-refractivity contribution is 0.0950. The highest BCUT2D eigenvalue weighted by Gasteiger charge is 2.37. The molecule has 2 atom stereocenters. The Balaban J connectivity index is 1.62. The highest BCUT2D eigenvalue weighted by atomic mass is 16.1. The van der Waals surface area contributed by atoms with Crippen molar-refractivity contribution in [2.75, 3.05) is 25.0 Å². The first-order valence-corrected chi connectivity index (χ1v) is 7.40. The molecule has 6 nitrogen and oxygen atoms in total. The molecule has 0 spiro atoms. The molecule has 2 fully saturated rings. The van der Waals surface area contributed by atoms with Gasteiger partial charge in [-0.15, -0.1) is 10.2 Å². The molecule has 1 amide bonds. The van der Waals surface area contributed by atoms with Crippen molar-refractivity contribution in [1.82, 2.24) is 20.4 Å². The van der Waals surface area contributed by atoms with E-state index in [0.717, 1.165) is 12.2 Å². The van der Waals surface area contributed by atoms with Crippen LogP contribution in [0.15, 0.2) is 12.1 Å². The Morgan fingerprint density at radius 3 is 3.00 bits per heavy atom. The zero-order chi connectivity index (χ0) is 13.9. The molecule has 1 aromatic rings. The van der Waals surface area contributed by atoms with Crippen LogP contribution in [0.4, 0.5) is 5.82 Å². The lowest BCUT2D eigenvalue weighted by atomic mass is 10.1. The number of anilines is 1. The molecular weight excluding hydrogens is 254 g/mol. The number of rotatable bonds is 4. The Labute approximate surface area is 118 Å². The first-order valence-electron chi connectivity index (χ1n) is 7.40. The van der Waals surface area contributed by atoms with Crippen LogP contribution in [0, 0.1) is 0 Å². The van der Waals surface area contributed by atoms with Crippen LogP contribution in [-0.2, 0) is 0 Å². The summed E-state index contributed by atoms with van der Waals surface area (Å²) in [4.78, 5) is 14.2. The largest absolute Gasteiger partial charge is 0.364 e. The minimum atomic E-state index is -0.172. The lowest BCUT2D eigenvalue weighted by Gasteiger charge is -2.21. The summed E-state index contributed by atoms with van der Waals surface area (Å²) in [6.45, 7) is 4.88. The van der Waals surface area contributed by atoms with E-state index in [1.54, 1.807) is 6.07 Å². The summed E-state index contributed by atoms with van der Waals surface area (Å²) < 4.78 is 0. The van der Waals surface area contributed by atoms with Gasteiger partial charge in [0, 0.05) is 25.2 Å². The molecular formula is C14H21N5O. The quantitative estimate of drug-likeness (QED) is 0.853. The third-order valence-electron chi connectivity index (χ3n) is 4.17. The van der Waals surface area contributed by atoms with Crippen molar-refractivity contribution < 1.29 is 4.79 Å². The molecule has 1 aromatic heterocycles. The van der Waals surface area contributed by atoms with Crippen molar-refractivity contribution in [3.63, 3.8) is 0 Å². The smallest absolute Gasteiger partial charge is 0.271 e. The predicted octanol–water partition coefficient (Wildman–Crippen LogP) is 0.875. The molecule has 2 saturated heterocycles. The summed E-state index contributed by atoms with van der Waals surface area (Å²) in [5, 5.41) is 14.3. The van der Waals surface area contributed by atoms with Crippen LogP contribution in [0.5, 0.6) is 0 Å². The Morgan fingerprint density at radius 1 is 1.35 bits per heavy atom. The molecule has 3 rings (SSSR count). The van der Waals surface area contributed by atoms with Gasteiger partial charge in [-0.25, -0.2) is 0 Å². The lowest BCUT2D eigenvalue weighted by Crippen LogP contribution is -2.34. The van der Waals surface area contributed by atoms with E-state index in [1.165, 1.54) is 25.9 Å². The van der Waals surface area contributed by atoms with E-state index in [4.69, 9.17) is 0 Å². The fraction of sp³-hybridized carbons (Fsp3) is 0.643. The molecule has 0 saturated carbocycles. The number of nitrogens with zero attached hydrogens (tertiary/aromatic N) is 3. The van der Waals surface area contributed by atoms with Crippen LogP contribution < -0.4 is 10.6 Å². The molecule has 0 radical (unpaired) electrons. The van der Waals surface area contributed by atoms with Crippen LogP contribution in [0.2, 0.25) is 0 Å². The zero-order valence-corrected chi connectivity index (χ0v) is 11.8. The summed E-state index contributed by atoms with van der Waals surface area (Å²) in [7, 11) is 0. The van der Waals surface area contributed by atoms with Crippen molar-refractivity contribution in [1.29, 1.82) is 0 Å². The summed E-state index contributed by atoms with van der Waals surface area (Å²) in [5.41, 5.74) is 0.367. The predicted molar refractivity (Wildman–Crippen MR) is 76.7 cm³/mol. The van der Waals surface area contributed by atoms with Gasteiger partial charge >= 0.3 is 0 Å². The molecule has 3 heterocycles. The molecule has 20 heavy (non-hydrogen) atoms. The summed E-state index contributed by atoms with van der Waals surface area (Å²) in [6.07, 6.45) is 3.72. The second-order valence-electron chi connectivity index (χ2n) is 5.45. The minimum Gasteiger partial charge on any atom is -0.364 e. The van der Waals surface area contributed by atoms with Gasteiger partial charge in [0.15, 0.2) is 5.69 Å². The summed E-state index contributed by atoms with van der Waals surface area (Å²) in [6, 6.07) is 4.67. The number of hydrogen-bond donors (Lipinski definition) is 2. The number of amides is 1. The maximum atomic E-state index is 11.6. The van der Waals surface area contributed by atoms with Crippen molar-refractivity contribution in [2.45, 2.75) is 38.3 Å². The van der Waals surface area contributed by atoms with Crippen LogP contribution in [0.1, 0.15) is 36.7 Å². The van der Waals surface area contributed by atoms with Gasteiger partial charge in [0.25, 0.3) is 5.91 Å². The maximum Gasteiger partial charge on any atom is 0.271 e. The van der Waals surface area contributed by atoms with E-state index in [1.807, 2.05) is 13.0 Å². The third kappa shape index (κ3) is 2.60. The minimum absolute atomic E-state index is 0.172. The molecule has 0 aromatic carbocycles. The topological polar surface area (TPSA) is 70.2 Å². The fourth-order valence-corrected chi connectivity index (χ4v) is 3.22. The average molecular weight is 275 g/mol. The molecule has 0 aliphatic carbocycles. The van der Waals surface area contributed by atoms with Gasteiger partial charge in [0.2, 0.25) is 0 Å². The van der Waals surface area contributed by atoms with E-state index in [2.05, 4.69) is 25.7 Å². The Bertz CT molecular complexity index is 475. The van der Waals surface area contributed by atoms with Gasteiger partial charge in [-0.3, -0.25) is 9.69 Å². The van der Waals surface area contributed by atoms with Gasteiger partial charge in [0.05, 0.1) is 0 Å². The van der Waals surface area contributed by atoms with Crippen LogP contribution in [0.25, 0.3) is 0 Å². The van der Waals surface area contributed by atoms with Crippen molar-refractivity contribution >= 4 is 11.7 Å². The molecule has 108 valence electrons. The second-order valence-corrected chi connectivity index (χ2v) is 5.45. The zero-order valence-electron chi connectivity index (χ0n) is 11.8. The molecule has 0 bridgehead atoms. The van der Waals surface area contributed by atoms with Gasteiger partial charge < -0.3 is 10.6 Å². The summed E-state index contributed by atoms with van der Waals surface area (Å²) >= 11 is 0. The fourth-order valence-electron chi connectivity index (χ4n) is 3.22. The highest BCUT2D eigenvalue weighted by molar-refractivity contribution is 5.92. The van der Waals surface area contributed by atoms with Gasteiger partial charge in [-0.1, -0.05) is 0 Å². The third-order valence-corrected chi connectivity index (χ3v) is 4.17. The summed E-state index contributed by atoms with van der Waals surface area (Å²) in [5.74, 6) is 0.589. The van der Waals surface area contributed by atoms with Crippen molar-refractivity contribution in [2.24, 2.45) is 0 Å². The van der Waals surface area contributed by atoms with Crippen molar-refractivity contribution in [3.05, 3.63) is 17.8 Å². The Morgan fingerprint density at radius 2 is 2.25 bits per heavy atom. The number of carbonyl (C=O) groups is 1. The standard InChI is InChI=1S/C14H21N5O/c1-2-15-14(20)11-5-6-13(18-17-11)16-10-7-9-19-8-3-4-12(10)19/h5-6,10,12H,2-4,7-9H2,1H3,(H,15,20)(H,16,18). The molecule has 2 aliphatic heterocycles. The van der Waals surface area contributed by atoms with E-state index < -0.39 is 0 Å². The first kappa shape index (κ1) is 13.3. The number of nitrogens with one attached hydrogen (secondary N) is 2. The van der Waals surface area contributed by atoms with Gasteiger partial charge in [0.1, 0.15) is 5.82 Å². The normalized spacial score (nSPS) is 25.4. The van der Waals surface area contributed by atoms with Crippen LogP contribution in [-0.4, -0.2) is 52.7 Å². The van der Waals surface area contributed by atoms with E-state index in [-0.39, 0.29) is 5.91 Å². The van der Waals surface area contributed by atoms with E-state index in [9.17, 15) is 4.79 Å². The number of carbonyl (C=O) groups excluding carboxylic acids is 1. The molecule has 2 N–H and O–H groups in total. The van der Waals surface area contributed by atoms with Crippen LogP contribution >= 0.6 is 0 Å². The highest BCUT2D eigenvalue weighted by Crippen LogP contribution is 2.29. The number of hydrogen-bond acceptors (Lipinski definition) is 5. The molecule has 6 heteroatoms. The second kappa shape index (κ2) is 5.75. The number of fused-ring (bicyclic) bond motifs is 1. The SMILES string of the molecule is CCNC(=O)c1ccc(NC2CCN3CCCC23)nn1. The Kier molecular flexibility index (Phi) is 3.82. The van der Waals surface area contributed by atoms with Gasteiger partial charge in [-0.2, -0.15) is 0 Å². The monoisotopic (exact) mass is 275 g/mol. The average Bonchev–Trinajstić information content (AvgIpc) is 3.05. The molecule has 2 aliphatic rings. The molecule has 2 unspecified atom stereocenters. The van der Waals surface area contributed by atoms with Crippen LogP contribution in [0.3, 0.4) is 0 Å². The van der Waals surface area contributed by atoms with E-state index in [0.29, 0.717) is 24.3 Å². The number of aromatic nitrogens is 2. The van der Waals surface area contributed by atoms with Crippen molar-refractivity contribution in [3.8, 4) is 0 Å². The Hall–Kier alpha value is -1.69. The maximum absolute atomic E-state index is 11.6. The first-order chi connectivity index (χ1) is 9.78. The van der Waals surface area contributed by atoms with Gasteiger partial charge in [-0.05, 0) is 44.9 Å².